The van der Waals surface area contributed by atoms with Crippen LogP contribution in [0, 0.1) is 17.1 Å². The summed E-state index contributed by atoms with van der Waals surface area (Å²) in [6.45, 7) is -0.133. The fraction of sp³-hybridized carbons (Fsp3) is 0.176. The number of amides is 1. The Morgan fingerprint density at radius 3 is 2.60 bits per heavy atom. The Bertz CT molecular complexity index is 923. The Labute approximate surface area is 145 Å². The van der Waals surface area contributed by atoms with Gasteiger partial charge < -0.3 is 5.32 Å². The molecule has 6 nitrogen and oxygen atoms in total. The quantitative estimate of drug-likeness (QED) is 0.856. The molecule has 0 radical (unpaired) electrons. The van der Waals surface area contributed by atoms with E-state index in [-0.39, 0.29) is 18.7 Å². The molecule has 0 aromatic heterocycles. The van der Waals surface area contributed by atoms with Gasteiger partial charge in [0.15, 0.2) is 0 Å². The third-order valence-corrected chi connectivity index (χ3v) is 4.51. The largest absolute Gasteiger partial charge is 0.326 e. The number of anilines is 2. The number of halogens is 1. The van der Waals surface area contributed by atoms with Crippen molar-refractivity contribution in [2.75, 3.05) is 22.4 Å². The van der Waals surface area contributed by atoms with Gasteiger partial charge in [-0.15, -0.1) is 0 Å². The molecule has 0 heterocycles. The first kappa shape index (κ1) is 18.4. The van der Waals surface area contributed by atoms with Crippen molar-refractivity contribution in [2.45, 2.75) is 6.42 Å². The van der Waals surface area contributed by atoms with Gasteiger partial charge in [-0.25, -0.2) is 12.8 Å². The Hall–Kier alpha value is -2.92. The molecule has 0 aliphatic heterocycles. The maximum atomic E-state index is 13.3. The standard InChI is InChI=1S/C17H16FN3O3S/c1-25(23,24)21(16-7-3-5-14(18)11-16)9-8-17(22)20-15-6-2-4-13(10-15)12-19/h2-7,10-11H,8-9H2,1H3,(H,20,22). The molecule has 25 heavy (non-hydrogen) atoms. The third kappa shape index (κ3) is 5.29. The van der Waals surface area contributed by atoms with Crippen molar-refractivity contribution in [2.24, 2.45) is 0 Å². The molecule has 0 atom stereocenters. The molecular weight excluding hydrogens is 345 g/mol. The van der Waals surface area contributed by atoms with Crippen LogP contribution in [0.1, 0.15) is 12.0 Å². The van der Waals surface area contributed by atoms with E-state index >= 15 is 0 Å². The molecular formula is C17H16FN3O3S. The van der Waals surface area contributed by atoms with E-state index in [9.17, 15) is 17.6 Å². The average molecular weight is 361 g/mol. The smallest absolute Gasteiger partial charge is 0.232 e. The number of nitrogens with zero attached hydrogens (tertiary/aromatic N) is 2. The lowest BCUT2D eigenvalue weighted by atomic mass is 10.2. The first-order valence-electron chi connectivity index (χ1n) is 7.33. The molecule has 130 valence electrons. The van der Waals surface area contributed by atoms with Crippen molar-refractivity contribution >= 4 is 27.3 Å². The highest BCUT2D eigenvalue weighted by Gasteiger charge is 2.19. The van der Waals surface area contributed by atoms with Gasteiger partial charge in [0.1, 0.15) is 5.82 Å². The second-order valence-electron chi connectivity index (χ2n) is 5.31. The fourth-order valence-electron chi connectivity index (χ4n) is 2.21. The number of rotatable bonds is 6. The zero-order valence-corrected chi connectivity index (χ0v) is 14.3. The molecule has 0 unspecified atom stereocenters. The first-order chi connectivity index (χ1) is 11.8. The Kier molecular flexibility index (Phi) is 5.72. The lowest BCUT2D eigenvalue weighted by Crippen LogP contribution is -2.33. The van der Waals surface area contributed by atoms with Crippen molar-refractivity contribution in [1.29, 1.82) is 5.26 Å². The maximum absolute atomic E-state index is 13.3. The number of nitriles is 1. The van der Waals surface area contributed by atoms with Crippen molar-refractivity contribution in [3.63, 3.8) is 0 Å². The van der Waals surface area contributed by atoms with Gasteiger partial charge in [-0.1, -0.05) is 12.1 Å². The zero-order valence-electron chi connectivity index (χ0n) is 13.4. The van der Waals surface area contributed by atoms with Crippen molar-refractivity contribution < 1.29 is 17.6 Å². The summed E-state index contributed by atoms with van der Waals surface area (Å²) < 4.78 is 38.2. The number of benzene rings is 2. The summed E-state index contributed by atoms with van der Waals surface area (Å²) >= 11 is 0. The topological polar surface area (TPSA) is 90.3 Å². The lowest BCUT2D eigenvalue weighted by Gasteiger charge is -2.22. The first-order valence-corrected chi connectivity index (χ1v) is 9.18. The van der Waals surface area contributed by atoms with Gasteiger partial charge in [0.05, 0.1) is 23.6 Å². The van der Waals surface area contributed by atoms with Gasteiger partial charge in [-0.2, -0.15) is 5.26 Å². The van der Waals surface area contributed by atoms with Crippen LogP contribution in [0.4, 0.5) is 15.8 Å². The van der Waals surface area contributed by atoms with Crippen LogP contribution >= 0.6 is 0 Å². The van der Waals surface area contributed by atoms with Crippen LogP contribution in [0.5, 0.6) is 0 Å². The van der Waals surface area contributed by atoms with E-state index in [1.54, 1.807) is 18.2 Å². The minimum absolute atomic E-state index is 0.125. The van der Waals surface area contributed by atoms with Crippen LogP contribution in [-0.4, -0.2) is 27.1 Å². The van der Waals surface area contributed by atoms with Crippen LogP contribution in [0.25, 0.3) is 0 Å². The molecule has 2 rings (SSSR count). The highest BCUT2D eigenvalue weighted by atomic mass is 32.2. The predicted octanol–water partition coefficient (Wildman–Crippen LogP) is 2.49. The number of hydrogen-bond donors (Lipinski definition) is 1. The van der Waals surface area contributed by atoms with Gasteiger partial charge in [0.2, 0.25) is 15.9 Å². The Balaban J connectivity index is 2.08. The fourth-order valence-corrected chi connectivity index (χ4v) is 3.13. The van der Waals surface area contributed by atoms with Gasteiger partial charge in [0.25, 0.3) is 0 Å². The summed E-state index contributed by atoms with van der Waals surface area (Å²) in [5, 5.41) is 11.4. The van der Waals surface area contributed by atoms with E-state index in [0.29, 0.717) is 11.3 Å². The molecule has 0 saturated heterocycles. The predicted molar refractivity (Wildman–Crippen MR) is 93.0 cm³/mol. The number of carbonyl (C=O) groups excluding carboxylic acids is 1. The van der Waals surface area contributed by atoms with Crippen LogP contribution < -0.4 is 9.62 Å². The van der Waals surface area contributed by atoms with Crippen molar-refractivity contribution in [3.8, 4) is 6.07 Å². The minimum atomic E-state index is -3.67. The molecule has 0 aliphatic carbocycles. The number of hydrogen-bond acceptors (Lipinski definition) is 4. The maximum Gasteiger partial charge on any atom is 0.232 e. The van der Waals surface area contributed by atoms with E-state index < -0.39 is 21.7 Å². The molecule has 0 bridgehead atoms. The van der Waals surface area contributed by atoms with Gasteiger partial charge >= 0.3 is 0 Å². The Morgan fingerprint density at radius 1 is 1.24 bits per heavy atom. The van der Waals surface area contributed by atoms with Gasteiger partial charge in [-0.05, 0) is 36.4 Å². The molecule has 8 heteroatoms. The molecule has 0 aliphatic rings. The van der Waals surface area contributed by atoms with E-state index in [4.69, 9.17) is 5.26 Å². The summed E-state index contributed by atoms with van der Waals surface area (Å²) in [6.07, 6.45) is 0.868. The summed E-state index contributed by atoms with van der Waals surface area (Å²) in [5.74, 6) is -0.982. The second kappa shape index (κ2) is 7.77. The van der Waals surface area contributed by atoms with E-state index in [1.165, 1.54) is 24.3 Å². The van der Waals surface area contributed by atoms with E-state index in [1.807, 2.05) is 6.07 Å². The summed E-state index contributed by atoms with van der Waals surface area (Å²) in [5.41, 5.74) is 0.998. The van der Waals surface area contributed by atoms with Gasteiger partial charge in [-0.3, -0.25) is 9.10 Å². The summed E-state index contributed by atoms with van der Waals surface area (Å²) in [4.78, 5) is 12.1. The second-order valence-corrected chi connectivity index (χ2v) is 7.21. The van der Waals surface area contributed by atoms with Crippen LogP contribution in [0.15, 0.2) is 48.5 Å². The summed E-state index contributed by atoms with van der Waals surface area (Å²) in [6, 6.07) is 13.5. The average Bonchev–Trinajstić information content (AvgIpc) is 2.54. The zero-order chi connectivity index (χ0) is 18.4. The number of sulfonamides is 1. The number of carbonyl (C=O) groups is 1. The number of nitrogens with one attached hydrogen (secondary N) is 1. The molecule has 0 fully saturated rings. The monoisotopic (exact) mass is 361 g/mol. The van der Waals surface area contributed by atoms with Crippen LogP contribution in [-0.2, 0) is 14.8 Å². The highest BCUT2D eigenvalue weighted by Crippen LogP contribution is 2.19. The normalized spacial score (nSPS) is 10.8. The van der Waals surface area contributed by atoms with Gasteiger partial charge in [0, 0.05) is 18.7 Å². The molecule has 1 N–H and O–H groups in total. The van der Waals surface area contributed by atoms with Crippen LogP contribution in [0.3, 0.4) is 0 Å². The molecule has 0 saturated carbocycles. The molecule has 0 spiro atoms. The third-order valence-electron chi connectivity index (χ3n) is 3.31. The SMILES string of the molecule is CS(=O)(=O)N(CCC(=O)Nc1cccc(C#N)c1)c1cccc(F)c1. The molecule has 2 aromatic carbocycles. The molecule has 1 amide bonds. The van der Waals surface area contributed by atoms with Crippen molar-refractivity contribution in [3.05, 3.63) is 59.9 Å². The highest BCUT2D eigenvalue weighted by molar-refractivity contribution is 7.92. The summed E-state index contributed by atoms with van der Waals surface area (Å²) in [7, 11) is -3.67. The molecule has 2 aromatic rings. The van der Waals surface area contributed by atoms with Crippen LogP contribution in [0.2, 0.25) is 0 Å². The minimum Gasteiger partial charge on any atom is -0.326 e. The van der Waals surface area contributed by atoms with Crippen molar-refractivity contribution in [1.82, 2.24) is 0 Å². The lowest BCUT2D eigenvalue weighted by molar-refractivity contribution is -0.116. The van der Waals surface area contributed by atoms with E-state index in [0.717, 1.165) is 16.6 Å². The Morgan fingerprint density at radius 2 is 1.96 bits per heavy atom. The van der Waals surface area contributed by atoms with E-state index in [2.05, 4.69) is 5.32 Å².